The van der Waals surface area contributed by atoms with E-state index in [0.717, 1.165) is 23.9 Å². The van der Waals surface area contributed by atoms with Gasteiger partial charge < -0.3 is 10.5 Å². The number of hydrogen-bond donors (Lipinski definition) is 1. The van der Waals surface area contributed by atoms with Gasteiger partial charge in [0.05, 0.1) is 0 Å². The molecular formula is C12H18BrNO. The molecule has 0 aliphatic heterocycles. The van der Waals surface area contributed by atoms with Gasteiger partial charge in [0.1, 0.15) is 0 Å². The Bertz CT molecular complexity index is 294. The van der Waals surface area contributed by atoms with Crippen molar-refractivity contribution in [3.8, 4) is 0 Å². The molecule has 2 nitrogen and oxygen atoms in total. The molecule has 3 heteroatoms. The Morgan fingerprint density at radius 3 is 2.73 bits per heavy atom. The first-order valence-corrected chi connectivity index (χ1v) is 5.94. The Labute approximate surface area is 99.9 Å². The van der Waals surface area contributed by atoms with Gasteiger partial charge in [-0.05, 0) is 43.0 Å². The summed E-state index contributed by atoms with van der Waals surface area (Å²) in [7, 11) is 1.72. The van der Waals surface area contributed by atoms with Crippen LogP contribution in [0, 0.1) is 6.92 Å². The highest BCUT2D eigenvalue weighted by atomic mass is 79.9. The van der Waals surface area contributed by atoms with Gasteiger partial charge >= 0.3 is 0 Å². The van der Waals surface area contributed by atoms with Gasteiger partial charge in [0.15, 0.2) is 0 Å². The van der Waals surface area contributed by atoms with Crippen molar-refractivity contribution in [2.24, 2.45) is 5.73 Å². The summed E-state index contributed by atoms with van der Waals surface area (Å²) in [5, 5.41) is 0. The van der Waals surface area contributed by atoms with Crippen LogP contribution < -0.4 is 5.73 Å². The number of aryl methyl sites for hydroxylation is 1. The SMILES string of the molecule is COCCCC(N)c1cc(C)cc(Br)c1. The lowest BCUT2D eigenvalue weighted by Gasteiger charge is -2.13. The average molecular weight is 272 g/mol. The van der Waals surface area contributed by atoms with Gasteiger partial charge in [-0.15, -0.1) is 0 Å². The van der Waals surface area contributed by atoms with E-state index in [1.54, 1.807) is 7.11 Å². The predicted molar refractivity (Wildman–Crippen MR) is 66.9 cm³/mol. The largest absolute Gasteiger partial charge is 0.385 e. The van der Waals surface area contributed by atoms with Crippen LogP contribution in [-0.4, -0.2) is 13.7 Å². The van der Waals surface area contributed by atoms with Crippen molar-refractivity contribution < 1.29 is 4.74 Å². The minimum absolute atomic E-state index is 0.108. The fraction of sp³-hybridized carbons (Fsp3) is 0.500. The molecule has 0 bridgehead atoms. The van der Waals surface area contributed by atoms with E-state index < -0.39 is 0 Å². The van der Waals surface area contributed by atoms with Crippen molar-refractivity contribution >= 4 is 15.9 Å². The molecule has 1 rings (SSSR count). The molecule has 0 saturated heterocycles. The molecule has 84 valence electrons. The van der Waals surface area contributed by atoms with Gasteiger partial charge in [-0.3, -0.25) is 0 Å². The number of nitrogens with two attached hydrogens (primary N) is 1. The van der Waals surface area contributed by atoms with Crippen LogP contribution in [0.3, 0.4) is 0 Å². The smallest absolute Gasteiger partial charge is 0.0462 e. The Hall–Kier alpha value is -0.380. The third-order valence-corrected chi connectivity index (χ3v) is 2.81. The van der Waals surface area contributed by atoms with E-state index in [4.69, 9.17) is 10.5 Å². The summed E-state index contributed by atoms with van der Waals surface area (Å²) in [6.07, 6.45) is 1.97. The molecule has 0 amide bonds. The molecule has 0 radical (unpaired) electrons. The van der Waals surface area contributed by atoms with Crippen LogP contribution in [0.5, 0.6) is 0 Å². The van der Waals surface area contributed by atoms with Crippen LogP contribution in [0.4, 0.5) is 0 Å². The number of hydrogen-bond acceptors (Lipinski definition) is 2. The number of halogens is 1. The Morgan fingerprint density at radius 2 is 2.13 bits per heavy atom. The van der Waals surface area contributed by atoms with Crippen LogP contribution in [0.15, 0.2) is 22.7 Å². The van der Waals surface area contributed by atoms with Gasteiger partial charge in [0.2, 0.25) is 0 Å². The molecule has 2 N–H and O–H groups in total. The highest BCUT2D eigenvalue weighted by molar-refractivity contribution is 9.10. The Morgan fingerprint density at radius 1 is 1.40 bits per heavy atom. The third kappa shape index (κ3) is 4.33. The van der Waals surface area contributed by atoms with Crippen molar-refractivity contribution in [3.05, 3.63) is 33.8 Å². The van der Waals surface area contributed by atoms with E-state index in [1.165, 1.54) is 11.1 Å². The van der Waals surface area contributed by atoms with E-state index in [-0.39, 0.29) is 6.04 Å². The van der Waals surface area contributed by atoms with Gasteiger partial charge in [-0.25, -0.2) is 0 Å². The first-order valence-electron chi connectivity index (χ1n) is 5.15. The zero-order valence-electron chi connectivity index (χ0n) is 9.29. The highest BCUT2D eigenvalue weighted by Gasteiger charge is 2.06. The normalized spacial score (nSPS) is 12.8. The molecular weight excluding hydrogens is 254 g/mol. The standard InChI is InChI=1S/C12H18BrNO/c1-9-6-10(8-11(13)7-9)12(14)4-3-5-15-2/h6-8,12H,3-5,14H2,1-2H3. The summed E-state index contributed by atoms with van der Waals surface area (Å²) in [5.74, 6) is 0. The minimum atomic E-state index is 0.108. The summed E-state index contributed by atoms with van der Waals surface area (Å²) in [5.41, 5.74) is 8.53. The summed E-state index contributed by atoms with van der Waals surface area (Å²) in [6, 6.07) is 6.43. The maximum absolute atomic E-state index is 6.10. The van der Waals surface area contributed by atoms with Crippen LogP contribution in [0.2, 0.25) is 0 Å². The van der Waals surface area contributed by atoms with Crippen LogP contribution >= 0.6 is 15.9 Å². The summed E-state index contributed by atoms with van der Waals surface area (Å²) in [4.78, 5) is 0. The van der Waals surface area contributed by atoms with Crippen molar-refractivity contribution in [2.75, 3.05) is 13.7 Å². The topological polar surface area (TPSA) is 35.2 Å². The molecule has 0 fully saturated rings. The molecule has 1 unspecified atom stereocenters. The first kappa shape index (κ1) is 12.7. The number of methoxy groups -OCH3 is 1. The van der Waals surface area contributed by atoms with E-state index in [1.807, 2.05) is 0 Å². The van der Waals surface area contributed by atoms with Gasteiger partial charge in [0, 0.05) is 24.2 Å². The van der Waals surface area contributed by atoms with Gasteiger partial charge in [0.25, 0.3) is 0 Å². The second kappa shape index (κ2) is 6.26. The lowest BCUT2D eigenvalue weighted by atomic mass is 10.0. The fourth-order valence-electron chi connectivity index (χ4n) is 1.59. The average Bonchev–Trinajstić information content (AvgIpc) is 2.16. The summed E-state index contributed by atoms with van der Waals surface area (Å²) >= 11 is 3.48. The zero-order valence-corrected chi connectivity index (χ0v) is 10.9. The predicted octanol–water partition coefficient (Wildman–Crippen LogP) is 3.18. The Kier molecular flexibility index (Phi) is 5.29. The van der Waals surface area contributed by atoms with Gasteiger partial charge in [-0.2, -0.15) is 0 Å². The van der Waals surface area contributed by atoms with Crippen LogP contribution in [0.1, 0.15) is 30.0 Å². The molecule has 0 spiro atoms. The molecule has 0 aromatic heterocycles. The number of benzene rings is 1. The van der Waals surface area contributed by atoms with Crippen LogP contribution in [0.25, 0.3) is 0 Å². The van der Waals surface area contributed by atoms with E-state index >= 15 is 0 Å². The molecule has 1 aromatic rings. The first-order chi connectivity index (χ1) is 7.13. The number of rotatable bonds is 5. The fourth-order valence-corrected chi connectivity index (χ4v) is 2.22. The van der Waals surface area contributed by atoms with E-state index in [0.29, 0.717) is 0 Å². The third-order valence-electron chi connectivity index (χ3n) is 2.36. The van der Waals surface area contributed by atoms with Crippen LogP contribution in [-0.2, 0) is 4.74 Å². The second-order valence-electron chi connectivity index (χ2n) is 3.80. The minimum Gasteiger partial charge on any atom is -0.385 e. The summed E-state index contributed by atoms with van der Waals surface area (Å²) < 4.78 is 6.11. The molecule has 0 heterocycles. The molecule has 15 heavy (non-hydrogen) atoms. The van der Waals surface area contributed by atoms with Crippen molar-refractivity contribution in [1.29, 1.82) is 0 Å². The molecule has 0 saturated carbocycles. The zero-order chi connectivity index (χ0) is 11.3. The number of ether oxygens (including phenoxy) is 1. The van der Waals surface area contributed by atoms with Crippen molar-refractivity contribution in [2.45, 2.75) is 25.8 Å². The van der Waals surface area contributed by atoms with E-state index in [9.17, 15) is 0 Å². The lowest BCUT2D eigenvalue weighted by molar-refractivity contribution is 0.190. The van der Waals surface area contributed by atoms with Crippen molar-refractivity contribution in [3.63, 3.8) is 0 Å². The molecule has 0 aliphatic carbocycles. The monoisotopic (exact) mass is 271 g/mol. The van der Waals surface area contributed by atoms with Crippen molar-refractivity contribution in [1.82, 2.24) is 0 Å². The van der Waals surface area contributed by atoms with Gasteiger partial charge in [-0.1, -0.05) is 22.0 Å². The quantitative estimate of drug-likeness (QED) is 0.835. The second-order valence-corrected chi connectivity index (χ2v) is 4.72. The lowest BCUT2D eigenvalue weighted by Crippen LogP contribution is -2.11. The summed E-state index contributed by atoms with van der Waals surface area (Å²) in [6.45, 7) is 2.86. The molecule has 0 aliphatic rings. The molecule has 1 atom stereocenters. The maximum Gasteiger partial charge on any atom is 0.0462 e. The Balaban J connectivity index is 2.60. The maximum atomic E-state index is 6.10. The molecule has 1 aromatic carbocycles. The highest BCUT2D eigenvalue weighted by Crippen LogP contribution is 2.22. The van der Waals surface area contributed by atoms with E-state index in [2.05, 4.69) is 41.1 Å².